The number of fused-ring (bicyclic) bond motifs is 1. The number of carbonyl (C=O) groups is 1. The number of oxazole rings is 1. The summed E-state index contributed by atoms with van der Waals surface area (Å²) in [6, 6.07) is 20.7. The third-order valence-corrected chi connectivity index (χ3v) is 9.52. The number of aryl methyl sites for hydroxylation is 1. The van der Waals surface area contributed by atoms with Crippen molar-refractivity contribution in [2.45, 2.75) is 64.0 Å². The number of rotatable bonds is 9. The summed E-state index contributed by atoms with van der Waals surface area (Å²) in [6.45, 7) is 3.64. The first kappa shape index (κ1) is 28.4. The highest BCUT2D eigenvalue weighted by Crippen LogP contribution is 2.35. The van der Waals surface area contributed by atoms with Gasteiger partial charge in [-0.05, 0) is 67.8 Å². The lowest BCUT2D eigenvalue weighted by molar-refractivity contribution is -0.137. The smallest absolute Gasteiger partial charge is 0.255 e. The zero-order chi connectivity index (χ0) is 28.9. The number of carbonyl (C=O) groups excluding carboxylic acids is 1. The standard InChI is InChI=1S/C35H42N4O3/c1-37-32-15-9-8-14-29(32)22-30(34(37)40)23-39(35(41)28-12-6-3-7-13-28)24-31(26-10-4-2-5-11-26)27-16-19-38(20-17-27)25-33-36-18-21-42-33/h2,4-5,8-11,14-15,18,21-22,27-28,31H,3,6-7,12-13,16-17,19-20,23-25H2,1H3. The van der Waals surface area contributed by atoms with Crippen LogP contribution in [0.4, 0.5) is 0 Å². The molecule has 2 fully saturated rings. The number of likely N-dealkylation sites (tertiary alicyclic amines) is 1. The molecule has 0 spiro atoms. The van der Waals surface area contributed by atoms with Crippen LogP contribution in [0.5, 0.6) is 0 Å². The monoisotopic (exact) mass is 566 g/mol. The Kier molecular flexibility index (Phi) is 8.84. The number of pyridine rings is 1. The van der Waals surface area contributed by atoms with Gasteiger partial charge in [0.25, 0.3) is 5.56 Å². The topological polar surface area (TPSA) is 71.6 Å². The lowest BCUT2D eigenvalue weighted by atomic mass is 9.79. The van der Waals surface area contributed by atoms with E-state index in [1.165, 1.54) is 12.0 Å². The molecule has 1 aliphatic heterocycles. The summed E-state index contributed by atoms with van der Waals surface area (Å²) in [7, 11) is 1.83. The van der Waals surface area contributed by atoms with Crippen LogP contribution in [0.15, 0.2) is 82.3 Å². The minimum atomic E-state index is -0.0220. The Morgan fingerprint density at radius 1 is 1.00 bits per heavy atom. The van der Waals surface area contributed by atoms with Gasteiger partial charge in [-0.25, -0.2) is 4.98 Å². The zero-order valence-electron chi connectivity index (χ0n) is 24.7. The van der Waals surface area contributed by atoms with Crippen molar-refractivity contribution in [2.24, 2.45) is 18.9 Å². The number of nitrogens with zero attached hydrogens (tertiary/aromatic N) is 4. The Hall–Kier alpha value is -3.71. The maximum atomic E-state index is 14.2. The van der Waals surface area contributed by atoms with Crippen molar-refractivity contribution in [3.8, 4) is 0 Å². The van der Waals surface area contributed by atoms with Gasteiger partial charge in [-0.1, -0.05) is 67.8 Å². The van der Waals surface area contributed by atoms with E-state index >= 15 is 0 Å². The molecule has 2 aliphatic rings. The first-order valence-electron chi connectivity index (χ1n) is 15.6. The minimum absolute atomic E-state index is 0.0220. The van der Waals surface area contributed by atoms with Gasteiger partial charge in [0.05, 0.1) is 24.8 Å². The average molecular weight is 567 g/mol. The van der Waals surface area contributed by atoms with Crippen LogP contribution in [-0.4, -0.2) is 44.9 Å². The maximum Gasteiger partial charge on any atom is 0.255 e. The van der Waals surface area contributed by atoms with Crippen LogP contribution < -0.4 is 5.56 Å². The fourth-order valence-electron chi connectivity index (χ4n) is 7.15. The summed E-state index contributed by atoms with van der Waals surface area (Å²) >= 11 is 0. The molecule has 3 heterocycles. The van der Waals surface area contributed by atoms with Gasteiger partial charge in [0, 0.05) is 31.0 Å². The second kappa shape index (κ2) is 13.1. The van der Waals surface area contributed by atoms with Crippen LogP contribution in [-0.2, 0) is 24.9 Å². The molecular formula is C35H42N4O3. The zero-order valence-corrected chi connectivity index (χ0v) is 24.7. The number of benzene rings is 2. The second-order valence-corrected chi connectivity index (χ2v) is 12.2. The van der Waals surface area contributed by atoms with Gasteiger partial charge in [-0.15, -0.1) is 0 Å². The minimum Gasteiger partial charge on any atom is -0.448 e. The van der Waals surface area contributed by atoms with Crippen molar-refractivity contribution in [2.75, 3.05) is 19.6 Å². The Labute approximate surface area is 248 Å². The molecule has 0 radical (unpaired) electrons. The van der Waals surface area contributed by atoms with E-state index in [2.05, 4.69) is 40.2 Å². The number of aromatic nitrogens is 2. The summed E-state index contributed by atoms with van der Waals surface area (Å²) in [4.78, 5) is 36.5. The van der Waals surface area contributed by atoms with E-state index in [0.717, 1.165) is 75.0 Å². The predicted molar refractivity (Wildman–Crippen MR) is 165 cm³/mol. The second-order valence-electron chi connectivity index (χ2n) is 12.2. The van der Waals surface area contributed by atoms with Crippen molar-refractivity contribution in [1.29, 1.82) is 0 Å². The molecule has 6 rings (SSSR count). The van der Waals surface area contributed by atoms with E-state index in [1.54, 1.807) is 17.0 Å². The molecule has 7 heteroatoms. The molecule has 2 aromatic carbocycles. The van der Waals surface area contributed by atoms with Gasteiger partial charge in [-0.2, -0.15) is 0 Å². The average Bonchev–Trinajstić information content (AvgIpc) is 3.56. The van der Waals surface area contributed by atoms with Crippen molar-refractivity contribution in [3.05, 3.63) is 100 Å². The van der Waals surface area contributed by atoms with Crippen molar-refractivity contribution < 1.29 is 9.21 Å². The molecule has 1 aliphatic carbocycles. The van der Waals surface area contributed by atoms with Gasteiger partial charge in [0.1, 0.15) is 6.26 Å². The van der Waals surface area contributed by atoms with Crippen LogP contribution in [0.25, 0.3) is 10.9 Å². The largest absolute Gasteiger partial charge is 0.448 e. The Morgan fingerprint density at radius 3 is 2.48 bits per heavy atom. The lowest BCUT2D eigenvalue weighted by Gasteiger charge is -2.39. The highest BCUT2D eigenvalue weighted by molar-refractivity contribution is 5.81. The summed E-state index contributed by atoms with van der Waals surface area (Å²) in [5.74, 6) is 1.66. The molecule has 4 aromatic rings. The molecular weight excluding hydrogens is 524 g/mol. The van der Waals surface area contributed by atoms with Crippen LogP contribution in [0.1, 0.15) is 67.9 Å². The molecule has 220 valence electrons. The summed E-state index contributed by atoms with van der Waals surface area (Å²) in [5, 5.41) is 1.03. The van der Waals surface area contributed by atoms with Gasteiger partial charge in [-0.3, -0.25) is 14.5 Å². The van der Waals surface area contributed by atoms with Crippen LogP contribution in [0, 0.1) is 11.8 Å². The molecule has 7 nitrogen and oxygen atoms in total. The van der Waals surface area contributed by atoms with Crippen molar-refractivity contribution in [3.63, 3.8) is 0 Å². The number of amides is 1. The third-order valence-electron chi connectivity index (χ3n) is 9.52. The third kappa shape index (κ3) is 6.36. The van der Waals surface area contributed by atoms with E-state index in [0.29, 0.717) is 24.6 Å². The molecule has 1 amide bonds. The Morgan fingerprint density at radius 2 is 1.74 bits per heavy atom. The van der Waals surface area contributed by atoms with Gasteiger partial charge in [0.15, 0.2) is 0 Å². The van der Waals surface area contributed by atoms with Crippen molar-refractivity contribution >= 4 is 16.8 Å². The highest BCUT2D eigenvalue weighted by Gasteiger charge is 2.33. The number of hydrogen-bond acceptors (Lipinski definition) is 5. The predicted octanol–water partition coefficient (Wildman–Crippen LogP) is 6.13. The fraction of sp³-hybridized carbons (Fsp3) is 0.457. The van der Waals surface area contributed by atoms with E-state index in [9.17, 15) is 9.59 Å². The summed E-state index contributed by atoms with van der Waals surface area (Å²) in [6.07, 6.45) is 10.7. The summed E-state index contributed by atoms with van der Waals surface area (Å²) in [5.41, 5.74) is 2.85. The highest BCUT2D eigenvalue weighted by atomic mass is 16.3. The Balaban J connectivity index is 1.28. The number of para-hydroxylation sites is 1. The first-order chi connectivity index (χ1) is 20.6. The fourth-order valence-corrected chi connectivity index (χ4v) is 7.15. The molecule has 2 aromatic heterocycles. The first-order valence-corrected chi connectivity index (χ1v) is 15.6. The molecule has 1 saturated heterocycles. The molecule has 0 N–H and O–H groups in total. The van der Waals surface area contributed by atoms with Crippen LogP contribution in [0.3, 0.4) is 0 Å². The van der Waals surface area contributed by atoms with Gasteiger partial charge < -0.3 is 13.9 Å². The van der Waals surface area contributed by atoms with E-state index in [1.807, 2.05) is 42.3 Å². The number of hydrogen-bond donors (Lipinski definition) is 0. The molecule has 1 atom stereocenters. The quantitative estimate of drug-likeness (QED) is 0.244. The van der Waals surface area contributed by atoms with Crippen LogP contribution >= 0.6 is 0 Å². The number of piperidine rings is 1. The normalized spacial score (nSPS) is 17.8. The SMILES string of the molecule is Cn1c(=O)c(CN(CC(c2ccccc2)C2CCN(Cc3ncco3)CC2)C(=O)C2CCCCC2)cc2ccccc21. The van der Waals surface area contributed by atoms with Gasteiger partial charge in [0.2, 0.25) is 11.8 Å². The summed E-state index contributed by atoms with van der Waals surface area (Å²) < 4.78 is 7.22. The lowest BCUT2D eigenvalue weighted by Crippen LogP contribution is -2.43. The Bertz CT molecular complexity index is 1520. The van der Waals surface area contributed by atoms with E-state index < -0.39 is 0 Å². The molecule has 1 saturated carbocycles. The van der Waals surface area contributed by atoms with Crippen LogP contribution in [0.2, 0.25) is 0 Å². The maximum absolute atomic E-state index is 14.2. The molecule has 0 bridgehead atoms. The van der Waals surface area contributed by atoms with Gasteiger partial charge >= 0.3 is 0 Å². The van der Waals surface area contributed by atoms with E-state index in [4.69, 9.17) is 4.42 Å². The van der Waals surface area contributed by atoms with E-state index in [-0.39, 0.29) is 23.3 Å². The molecule has 42 heavy (non-hydrogen) atoms. The molecule has 1 unspecified atom stereocenters. The van der Waals surface area contributed by atoms with Crippen molar-refractivity contribution in [1.82, 2.24) is 19.4 Å².